The average Bonchev–Trinajstić information content (AvgIpc) is 2.98. The Hall–Kier alpha value is -2.99. The number of carbonyl (C=O) groups excluding carboxylic acids is 2. The van der Waals surface area contributed by atoms with Gasteiger partial charge in [-0.05, 0) is 31.2 Å². The lowest BCUT2D eigenvalue weighted by molar-refractivity contribution is -0.106. The van der Waals surface area contributed by atoms with Crippen LogP contribution in [0.25, 0.3) is 11.0 Å². The largest absolute Gasteiger partial charge is 0.432 e. The summed E-state index contributed by atoms with van der Waals surface area (Å²) in [5, 5.41) is 0.736. The Bertz CT molecular complexity index is 858. The van der Waals surface area contributed by atoms with E-state index >= 15 is 0 Å². The topological polar surface area (TPSA) is 81.3 Å². The lowest BCUT2D eigenvalue weighted by atomic mass is 10.2. The van der Waals surface area contributed by atoms with Crippen LogP contribution in [0.15, 0.2) is 48.7 Å². The van der Waals surface area contributed by atoms with Crippen molar-refractivity contribution in [2.45, 2.75) is 19.8 Å². The van der Waals surface area contributed by atoms with Crippen LogP contribution in [0.1, 0.15) is 33.3 Å². The summed E-state index contributed by atoms with van der Waals surface area (Å²) in [6.45, 7) is 1.73. The minimum Gasteiger partial charge on any atom is -0.432 e. The molecule has 0 fully saturated rings. The number of rotatable bonds is 6. The van der Waals surface area contributed by atoms with Crippen molar-refractivity contribution < 1.29 is 19.1 Å². The van der Waals surface area contributed by atoms with Gasteiger partial charge in [-0.1, -0.05) is 18.2 Å². The Morgan fingerprint density at radius 2 is 2.04 bits per heavy atom. The Morgan fingerprint density at radius 1 is 1.25 bits per heavy atom. The van der Waals surface area contributed by atoms with Crippen LogP contribution in [0.3, 0.4) is 0 Å². The molecule has 0 aliphatic rings. The number of carbonyl (C=O) groups is 2. The molecular weight excluding hydrogens is 308 g/mol. The number of fused-ring (bicyclic) bond motifs is 1. The van der Waals surface area contributed by atoms with Gasteiger partial charge in [-0.3, -0.25) is 4.79 Å². The van der Waals surface area contributed by atoms with Gasteiger partial charge in [0.15, 0.2) is 6.29 Å². The zero-order valence-electron chi connectivity index (χ0n) is 13.1. The molecule has 0 saturated heterocycles. The highest BCUT2D eigenvalue weighted by Crippen LogP contribution is 2.20. The fourth-order valence-electron chi connectivity index (χ4n) is 2.37. The molecule has 6 nitrogen and oxygen atoms in total. The number of aromatic nitrogens is 2. The van der Waals surface area contributed by atoms with Crippen LogP contribution in [0.5, 0.6) is 0 Å². The molecule has 1 unspecified atom stereocenters. The predicted molar refractivity (Wildman–Crippen MR) is 87.6 cm³/mol. The first-order valence-corrected chi connectivity index (χ1v) is 7.47. The third kappa shape index (κ3) is 3.33. The second-order valence-electron chi connectivity index (χ2n) is 5.18. The minimum absolute atomic E-state index is 0.105. The van der Waals surface area contributed by atoms with E-state index in [1.54, 1.807) is 43.5 Å². The maximum atomic E-state index is 12.0. The number of ether oxygens (including phenoxy) is 2. The van der Waals surface area contributed by atoms with Gasteiger partial charge in [0, 0.05) is 17.1 Å². The molecular formula is C18H16N2O4. The molecule has 0 spiro atoms. The summed E-state index contributed by atoms with van der Waals surface area (Å²) < 4.78 is 10.8. The summed E-state index contributed by atoms with van der Waals surface area (Å²) in [5.41, 5.74) is 2.17. The maximum Gasteiger partial charge on any atom is 0.340 e. The third-order valence-corrected chi connectivity index (χ3v) is 3.56. The van der Waals surface area contributed by atoms with Crippen molar-refractivity contribution in [3.05, 3.63) is 65.5 Å². The summed E-state index contributed by atoms with van der Waals surface area (Å²) in [6.07, 6.45) is 1.65. The van der Waals surface area contributed by atoms with Crippen molar-refractivity contribution in [2.24, 2.45) is 0 Å². The maximum absolute atomic E-state index is 12.0. The highest BCUT2D eigenvalue weighted by atomic mass is 16.7. The van der Waals surface area contributed by atoms with E-state index in [2.05, 4.69) is 9.97 Å². The molecule has 0 amide bonds. The van der Waals surface area contributed by atoms with Gasteiger partial charge in [-0.15, -0.1) is 0 Å². The van der Waals surface area contributed by atoms with Gasteiger partial charge in [-0.25, -0.2) is 9.78 Å². The molecule has 2 heterocycles. The van der Waals surface area contributed by atoms with Crippen molar-refractivity contribution in [3.63, 3.8) is 0 Å². The molecule has 2 aromatic heterocycles. The van der Waals surface area contributed by atoms with Gasteiger partial charge in [0.1, 0.15) is 5.65 Å². The molecule has 0 radical (unpaired) electrons. The number of hydrogen-bond donors (Lipinski definition) is 1. The summed E-state index contributed by atoms with van der Waals surface area (Å²) in [7, 11) is 0. The number of nitrogens with zero attached hydrogens (tertiary/aromatic N) is 1. The molecule has 0 aliphatic heterocycles. The van der Waals surface area contributed by atoms with Gasteiger partial charge in [0.05, 0.1) is 17.9 Å². The van der Waals surface area contributed by atoms with E-state index in [0.29, 0.717) is 22.5 Å². The van der Waals surface area contributed by atoms with Crippen LogP contribution in [-0.4, -0.2) is 28.5 Å². The van der Waals surface area contributed by atoms with Gasteiger partial charge < -0.3 is 14.5 Å². The van der Waals surface area contributed by atoms with E-state index in [9.17, 15) is 9.59 Å². The number of esters is 1. The van der Waals surface area contributed by atoms with Crippen molar-refractivity contribution in [2.75, 3.05) is 0 Å². The first-order valence-electron chi connectivity index (χ1n) is 7.47. The van der Waals surface area contributed by atoms with Crippen molar-refractivity contribution in [1.82, 2.24) is 9.97 Å². The quantitative estimate of drug-likeness (QED) is 0.428. The second kappa shape index (κ2) is 7.06. The standard InChI is InChI=1S/C18H16N2O4/c1-12(24-18(22)13-6-3-2-4-7-13)23-11-16-15(10-21)14-8-5-9-19-17(14)20-16/h2-10,12H,11H2,1H3,(H,19,20). The van der Waals surface area contributed by atoms with Crippen LogP contribution in [0.2, 0.25) is 0 Å². The zero-order valence-corrected chi connectivity index (χ0v) is 13.1. The van der Waals surface area contributed by atoms with E-state index < -0.39 is 12.3 Å². The Morgan fingerprint density at radius 3 is 2.79 bits per heavy atom. The molecule has 3 aromatic rings. The molecule has 1 aromatic carbocycles. The zero-order chi connectivity index (χ0) is 16.9. The van der Waals surface area contributed by atoms with Gasteiger partial charge in [0.25, 0.3) is 0 Å². The molecule has 24 heavy (non-hydrogen) atoms. The Kier molecular flexibility index (Phi) is 4.67. The van der Waals surface area contributed by atoms with Crippen molar-refractivity contribution in [1.29, 1.82) is 0 Å². The Labute approximate surface area is 138 Å². The van der Waals surface area contributed by atoms with E-state index in [4.69, 9.17) is 9.47 Å². The van der Waals surface area contributed by atoms with Gasteiger partial charge >= 0.3 is 5.97 Å². The van der Waals surface area contributed by atoms with Crippen molar-refractivity contribution >= 4 is 23.3 Å². The fraction of sp³-hybridized carbons (Fsp3) is 0.167. The van der Waals surface area contributed by atoms with E-state index in [1.165, 1.54) is 0 Å². The molecule has 6 heteroatoms. The molecule has 0 saturated carbocycles. The van der Waals surface area contributed by atoms with Crippen LogP contribution < -0.4 is 0 Å². The average molecular weight is 324 g/mol. The third-order valence-electron chi connectivity index (χ3n) is 3.56. The summed E-state index contributed by atoms with van der Waals surface area (Å²) in [4.78, 5) is 30.5. The molecule has 3 rings (SSSR count). The van der Waals surface area contributed by atoms with E-state index in [1.807, 2.05) is 12.1 Å². The lowest BCUT2D eigenvalue weighted by Gasteiger charge is -2.14. The van der Waals surface area contributed by atoms with Gasteiger partial charge in [0.2, 0.25) is 6.29 Å². The minimum atomic E-state index is -0.753. The first kappa shape index (κ1) is 15.9. The Balaban J connectivity index is 1.65. The second-order valence-corrected chi connectivity index (χ2v) is 5.18. The number of nitrogens with one attached hydrogen (secondary N) is 1. The van der Waals surface area contributed by atoms with Crippen LogP contribution in [-0.2, 0) is 16.1 Å². The van der Waals surface area contributed by atoms with Gasteiger partial charge in [-0.2, -0.15) is 0 Å². The number of hydrogen-bond acceptors (Lipinski definition) is 5. The SMILES string of the molecule is CC(OCc1[nH]c2ncccc2c1C=O)OC(=O)c1ccccc1. The molecule has 0 bridgehead atoms. The predicted octanol–water partition coefficient (Wildman–Crippen LogP) is 3.10. The highest BCUT2D eigenvalue weighted by Gasteiger charge is 2.15. The monoisotopic (exact) mass is 324 g/mol. The first-order chi connectivity index (χ1) is 11.7. The number of aromatic amines is 1. The lowest BCUT2D eigenvalue weighted by Crippen LogP contribution is -2.18. The van der Waals surface area contributed by atoms with Crippen molar-refractivity contribution in [3.8, 4) is 0 Å². The summed E-state index contributed by atoms with van der Waals surface area (Å²) in [5.74, 6) is -0.461. The fourth-order valence-corrected chi connectivity index (χ4v) is 2.37. The normalized spacial score (nSPS) is 12.0. The van der Waals surface area contributed by atoms with Crippen LogP contribution >= 0.6 is 0 Å². The van der Waals surface area contributed by atoms with Crippen LogP contribution in [0.4, 0.5) is 0 Å². The number of pyridine rings is 1. The van der Waals surface area contributed by atoms with E-state index in [-0.39, 0.29) is 6.61 Å². The number of benzene rings is 1. The molecule has 0 aliphatic carbocycles. The number of aldehydes is 1. The number of H-pyrrole nitrogens is 1. The molecule has 1 atom stereocenters. The van der Waals surface area contributed by atoms with Crippen LogP contribution in [0, 0.1) is 0 Å². The highest BCUT2D eigenvalue weighted by molar-refractivity contribution is 5.97. The summed E-state index contributed by atoms with van der Waals surface area (Å²) in [6, 6.07) is 12.3. The smallest absolute Gasteiger partial charge is 0.340 e. The molecule has 122 valence electrons. The molecule has 1 N–H and O–H groups in total. The van der Waals surface area contributed by atoms with E-state index in [0.717, 1.165) is 11.7 Å². The summed E-state index contributed by atoms with van der Waals surface area (Å²) >= 11 is 0.